The van der Waals surface area contributed by atoms with Crippen LogP contribution in [0.1, 0.15) is 69.3 Å². The molecule has 1 aromatic rings. The molecule has 0 radical (unpaired) electrons. The fourth-order valence-corrected chi connectivity index (χ4v) is 4.03. The van der Waals surface area contributed by atoms with Gasteiger partial charge in [-0.1, -0.05) is 38.2 Å². The average Bonchev–Trinajstić information content (AvgIpc) is 3.07. The second-order valence-corrected chi connectivity index (χ2v) is 7.12. The van der Waals surface area contributed by atoms with Gasteiger partial charge in [0.15, 0.2) is 0 Å². The van der Waals surface area contributed by atoms with Crippen LogP contribution in [-0.2, 0) is 4.79 Å². The van der Waals surface area contributed by atoms with Gasteiger partial charge in [0.25, 0.3) is 0 Å². The van der Waals surface area contributed by atoms with Gasteiger partial charge in [-0.3, -0.25) is 4.79 Å². The minimum absolute atomic E-state index is 0.189. The third-order valence-corrected chi connectivity index (χ3v) is 5.51. The standard InChI is InChI=1S/C19H27NO3/c21-19(22)16-7-6-15(12-16)17-8-9-18(20-13-17)23-11-10-14-4-2-1-3-5-14/h8-9,13-16H,1-7,10-12H2,(H,21,22). The van der Waals surface area contributed by atoms with E-state index in [0.717, 1.165) is 43.8 Å². The van der Waals surface area contributed by atoms with Gasteiger partial charge in [0.05, 0.1) is 12.5 Å². The van der Waals surface area contributed by atoms with Crippen molar-refractivity contribution in [3.05, 3.63) is 23.9 Å². The van der Waals surface area contributed by atoms with E-state index in [1.807, 2.05) is 12.3 Å². The molecule has 0 saturated heterocycles. The summed E-state index contributed by atoms with van der Waals surface area (Å²) in [5.41, 5.74) is 1.15. The molecule has 3 rings (SSSR count). The molecule has 2 fully saturated rings. The number of carboxylic acid groups (broad SMARTS) is 1. The van der Waals surface area contributed by atoms with E-state index in [9.17, 15) is 4.79 Å². The van der Waals surface area contributed by atoms with Crippen LogP contribution in [0.25, 0.3) is 0 Å². The molecule has 1 heterocycles. The SMILES string of the molecule is O=C(O)C1CCC(c2ccc(OCCC3CCCCC3)nc2)C1. The number of hydrogen-bond acceptors (Lipinski definition) is 3. The first-order chi connectivity index (χ1) is 11.2. The van der Waals surface area contributed by atoms with Crippen LogP contribution in [0.3, 0.4) is 0 Å². The normalized spacial score (nSPS) is 25.4. The Morgan fingerprint density at radius 1 is 1.17 bits per heavy atom. The van der Waals surface area contributed by atoms with Crippen LogP contribution < -0.4 is 4.74 Å². The van der Waals surface area contributed by atoms with Gasteiger partial charge < -0.3 is 9.84 Å². The van der Waals surface area contributed by atoms with Crippen molar-refractivity contribution in [1.82, 2.24) is 4.98 Å². The molecule has 2 saturated carbocycles. The van der Waals surface area contributed by atoms with Crippen LogP contribution in [0, 0.1) is 11.8 Å². The van der Waals surface area contributed by atoms with Gasteiger partial charge in [-0.25, -0.2) is 4.98 Å². The lowest BCUT2D eigenvalue weighted by Gasteiger charge is -2.21. The highest BCUT2D eigenvalue weighted by molar-refractivity contribution is 5.70. The summed E-state index contributed by atoms with van der Waals surface area (Å²) in [5, 5.41) is 9.09. The van der Waals surface area contributed by atoms with E-state index in [2.05, 4.69) is 11.1 Å². The molecule has 2 aliphatic carbocycles. The lowest BCUT2D eigenvalue weighted by Crippen LogP contribution is -2.11. The monoisotopic (exact) mass is 317 g/mol. The molecule has 2 aliphatic rings. The molecule has 2 atom stereocenters. The number of ether oxygens (including phenoxy) is 1. The van der Waals surface area contributed by atoms with Crippen LogP contribution in [0.4, 0.5) is 0 Å². The summed E-state index contributed by atoms with van der Waals surface area (Å²) in [6, 6.07) is 3.99. The molecule has 4 heteroatoms. The fourth-order valence-electron chi connectivity index (χ4n) is 4.03. The van der Waals surface area contributed by atoms with E-state index in [1.165, 1.54) is 32.1 Å². The first-order valence-corrected chi connectivity index (χ1v) is 9.04. The molecular formula is C19H27NO3. The van der Waals surface area contributed by atoms with Crippen molar-refractivity contribution in [3.63, 3.8) is 0 Å². The van der Waals surface area contributed by atoms with E-state index in [-0.39, 0.29) is 5.92 Å². The lowest BCUT2D eigenvalue weighted by atomic mass is 9.87. The maximum Gasteiger partial charge on any atom is 0.306 e. The third kappa shape index (κ3) is 4.46. The number of rotatable bonds is 6. The summed E-state index contributed by atoms with van der Waals surface area (Å²) in [6.45, 7) is 0.752. The van der Waals surface area contributed by atoms with Crippen LogP contribution in [0.2, 0.25) is 0 Å². The highest BCUT2D eigenvalue weighted by Gasteiger charge is 2.30. The predicted octanol–water partition coefficient (Wildman–Crippen LogP) is 4.40. The topological polar surface area (TPSA) is 59.4 Å². The zero-order chi connectivity index (χ0) is 16.1. The molecule has 0 spiro atoms. The van der Waals surface area contributed by atoms with E-state index >= 15 is 0 Å². The van der Waals surface area contributed by atoms with Crippen LogP contribution >= 0.6 is 0 Å². The van der Waals surface area contributed by atoms with Crippen molar-refractivity contribution < 1.29 is 14.6 Å². The minimum Gasteiger partial charge on any atom is -0.481 e. The number of aromatic nitrogens is 1. The summed E-state index contributed by atoms with van der Waals surface area (Å²) < 4.78 is 5.78. The number of nitrogens with zero attached hydrogens (tertiary/aromatic N) is 1. The molecule has 1 N–H and O–H groups in total. The van der Waals surface area contributed by atoms with E-state index in [0.29, 0.717) is 11.8 Å². The number of pyridine rings is 1. The molecule has 1 aromatic heterocycles. The number of aliphatic carboxylic acids is 1. The second kappa shape index (κ2) is 7.80. The van der Waals surface area contributed by atoms with Crippen molar-refractivity contribution in [2.24, 2.45) is 11.8 Å². The van der Waals surface area contributed by atoms with Crippen LogP contribution in [-0.4, -0.2) is 22.7 Å². The lowest BCUT2D eigenvalue weighted by molar-refractivity contribution is -0.141. The number of hydrogen-bond donors (Lipinski definition) is 1. The molecule has 23 heavy (non-hydrogen) atoms. The smallest absolute Gasteiger partial charge is 0.306 e. The molecule has 0 bridgehead atoms. The van der Waals surface area contributed by atoms with Crippen molar-refractivity contribution in [2.45, 2.75) is 63.7 Å². The fraction of sp³-hybridized carbons (Fsp3) is 0.684. The van der Waals surface area contributed by atoms with Crippen LogP contribution in [0.15, 0.2) is 18.3 Å². The summed E-state index contributed by atoms with van der Waals surface area (Å²) in [7, 11) is 0. The predicted molar refractivity (Wildman–Crippen MR) is 88.6 cm³/mol. The van der Waals surface area contributed by atoms with Crippen molar-refractivity contribution in [2.75, 3.05) is 6.61 Å². The van der Waals surface area contributed by atoms with Crippen LogP contribution in [0.5, 0.6) is 5.88 Å². The Hall–Kier alpha value is -1.58. The molecule has 0 aromatic carbocycles. The summed E-state index contributed by atoms with van der Waals surface area (Å²) in [6.07, 6.45) is 12.3. The number of carbonyl (C=O) groups is 1. The van der Waals surface area contributed by atoms with Crippen molar-refractivity contribution >= 4 is 5.97 Å². The van der Waals surface area contributed by atoms with Gasteiger partial charge >= 0.3 is 5.97 Å². The molecule has 0 amide bonds. The Labute approximate surface area is 138 Å². The van der Waals surface area contributed by atoms with Gasteiger partial charge in [-0.2, -0.15) is 0 Å². The number of carboxylic acids is 1. The average molecular weight is 317 g/mol. The largest absolute Gasteiger partial charge is 0.481 e. The molecular weight excluding hydrogens is 290 g/mol. The molecule has 2 unspecified atom stereocenters. The first-order valence-electron chi connectivity index (χ1n) is 9.04. The maximum atomic E-state index is 11.0. The Bertz CT molecular complexity index is 508. The molecule has 4 nitrogen and oxygen atoms in total. The summed E-state index contributed by atoms with van der Waals surface area (Å²) in [4.78, 5) is 15.5. The highest BCUT2D eigenvalue weighted by atomic mass is 16.5. The quantitative estimate of drug-likeness (QED) is 0.845. The third-order valence-electron chi connectivity index (χ3n) is 5.51. The van der Waals surface area contributed by atoms with Gasteiger partial charge in [0.1, 0.15) is 0 Å². The minimum atomic E-state index is -0.664. The first kappa shape index (κ1) is 16.3. The van der Waals surface area contributed by atoms with Gasteiger partial charge in [-0.05, 0) is 43.1 Å². The zero-order valence-electron chi connectivity index (χ0n) is 13.7. The van der Waals surface area contributed by atoms with E-state index < -0.39 is 5.97 Å². The van der Waals surface area contributed by atoms with Gasteiger partial charge in [0.2, 0.25) is 5.88 Å². The maximum absolute atomic E-state index is 11.0. The molecule has 0 aliphatic heterocycles. The highest BCUT2D eigenvalue weighted by Crippen LogP contribution is 2.38. The molecule has 126 valence electrons. The summed E-state index contributed by atoms with van der Waals surface area (Å²) in [5.74, 6) is 1.00. The van der Waals surface area contributed by atoms with Crippen molar-refractivity contribution in [3.8, 4) is 5.88 Å². The Balaban J connectivity index is 1.44. The Kier molecular flexibility index (Phi) is 5.52. The van der Waals surface area contributed by atoms with Gasteiger partial charge in [-0.15, -0.1) is 0 Å². The Morgan fingerprint density at radius 3 is 2.65 bits per heavy atom. The van der Waals surface area contributed by atoms with E-state index in [1.54, 1.807) is 0 Å². The Morgan fingerprint density at radius 2 is 2.00 bits per heavy atom. The van der Waals surface area contributed by atoms with Gasteiger partial charge in [0, 0.05) is 12.3 Å². The summed E-state index contributed by atoms with van der Waals surface area (Å²) >= 11 is 0. The van der Waals surface area contributed by atoms with E-state index in [4.69, 9.17) is 9.84 Å². The second-order valence-electron chi connectivity index (χ2n) is 7.12. The zero-order valence-corrected chi connectivity index (χ0v) is 13.7. The van der Waals surface area contributed by atoms with Crippen molar-refractivity contribution in [1.29, 1.82) is 0 Å².